The second kappa shape index (κ2) is 10.2. The number of nitriles is 1. The second-order valence-electron chi connectivity index (χ2n) is 9.45. The normalized spacial score (nSPS) is 17.3. The number of anilines is 1. The molecule has 1 saturated heterocycles. The van der Waals surface area contributed by atoms with Crippen molar-refractivity contribution in [2.45, 2.75) is 37.1 Å². The highest BCUT2D eigenvalue weighted by Gasteiger charge is 2.44. The van der Waals surface area contributed by atoms with E-state index in [4.69, 9.17) is 28.3 Å². The molecule has 1 aliphatic heterocycles. The number of hydrogen-bond donors (Lipinski definition) is 2. The number of aromatic nitrogens is 1. The standard InChI is InChI=1S/C28H28Cl2N4O/c29-22-13-20(14-23(30)15-22)26-17-32-16-25(19-1-3-21(4-2-19)28(18-31)7-8-28)27(26)34-10-5-24(6-11-34)33-9-12-35/h1-4,13-17,24,33,35H,5-12H2. The molecule has 2 N–H and O–H groups in total. The Morgan fingerprint density at radius 1 is 1.00 bits per heavy atom. The zero-order chi connectivity index (χ0) is 24.4. The molecule has 1 saturated carbocycles. The monoisotopic (exact) mass is 506 g/mol. The Hall–Kier alpha value is -2.62. The van der Waals surface area contributed by atoms with Crippen molar-refractivity contribution in [1.29, 1.82) is 5.26 Å². The predicted molar refractivity (Wildman–Crippen MR) is 142 cm³/mol. The molecule has 0 atom stereocenters. The van der Waals surface area contributed by atoms with Gasteiger partial charge in [-0.15, -0.1) is 0 Å². The van der Waals surface area contributed by atoms with Crippen LogP contribution in [0, 0.1) is 11.3 Å². The number of aliphatic hydroxyl groups is 1. The molecule has 0 spiro atoms. The van der Waals surface area contributed by atoms with E-state index in [0.717, 1.165) is 72.3 Å². The maximum atomic E-state index is 9.59. The van der Waals surface area contributed by atoms with Crippen LogP contribution in [0.3, 0.4) is 0 Å². The lowest BCUT2D eigenvalue weighted by atomic mass is 9.92. The van der Waals surface area contributed by atoms with Crippen LogP contribution < -0.4 is 10.2 Å². The first kappa shape index (κ1) is 24.1. The van der Waals surface area contributed by atoms with E-state index < -0.39 is 0 Å². The van der Waals surface area contributed by atoms with Crippen molar-refractivity contribution in [1.82, 2.24) is 10.3 Å². The third kappa shape index (κ3) is 5.03. The van der Waals surface area contributed by atoms with Gasteiger partial charge in [0.25, 0.3) is 0 Å². The minimum Gasteiger partial charge on any atom is -0.395 e. The maximum Gasteiger partial charge on any atom is 0.0823 e. The van der Waals surface area contributed by atoms with Crippen LogP contribution in [0.4, 0.5) is 5.69 Å². The van der Waals surface area contributed by atoms with E-state index in [1.54, 1.807) is 6.07 Å². The van der Waals surface area contributed by atoms with Crippen LogP contribution in [0.2, 0.25) is 10.0 Å². The molecule has 2 aromatic carbocycles. The molecule has 0 bridgehead atoms. The summed E-state index contributed by atoms with van der Waals surface area (Å²) in [7, 11) is 0. The van der Waals surface area contributed by atoms with Gasteiger partial charge in [-0.25, -0.2) is 0 Å². The molecule has 0 unspecified atom stereocenters. The zero-order valence-electron chi connectivity index (χ0n) is 19.5. The van der Waals surface area contributed by atoms with Crippen molar-refractivity contribution in [3.8, 4) is 28.3 Å². The van der Waals surface area contributed by atoms with E-state index in [0.29, 0.717) is 22.6 Å². The SMILES string of the molecule is N#CC1(c2ccc(-c3cncc(-c4cc(Cl)cc(Cl)c4)c3N3CCC(NCCO)CC3)cc2)CC1. The largest absolute Gasteiger partial charge is 0.395 e. The van der Waals surface area contributed by atoms with Crippen molar-refractivity contribution >= 4 is 28.9 Å². The number of benzene rings is 2. The maximum absolute atomic E-state index is 9.59. The summed E-state index contributed by atoms with van der Waals surface area (Å²) in [6.45, 7) is 2.54. The van der Waals surface area contributed by atoms with Gasteiger partial charge in [0.1, 0.15) is 0 Å². The number of aliphatic hydroxyl groups excluding tert-OH is 1. The Balaban J connectivity index is 1.55. The topological polar surface area (TPSA) is 72.2 Å². The van der Waals surface area contributed by atoms with Crippen LogP contribution in [0.15, 0.2) is 54.9 Å². The van der Waals surface area contributed by atoms with Crippen molar-refractivity contribution in [3.63, 3.8) is 0 Å². The van der Waals surface area contributed by atoms with E-state index in [1.807, 2.05) is 24.5 Å². The summed E-state index contributed by atoms with van der Waals surface area (Å²) in [5.74, 6) is 0. The van der Waals surface area contributed by atoms with E-state index >= 15 is 0 Å². The second-order valence-corrected chi connectivity index (χ2v) is 10.3. The van der Waals surface area contributed by atoms with Gasteiger partial charge in [-0.2, -0.15) is 5.26 Å². The van der Waals surface area contributed by atoms with Gasteiger partial charge in [-0.1, -0.05) is 47.5 Å². The van der Waals surface area contributed by atoms with Crippen LogP contribution in [-0.2, 0) is 5.41 Å². The molecule has 0 amide bonds. The van der Waals surface area contributed by atoms with E-state index in [1.165, 1.54) is 0 Å². The molecule has 5 nitrogen and oxygen atoms in total. The van der Waals surface area contributed by atoms with Gasteiger partial charge >= 0.3 is 0 Å². The molecule has 3 aromatic rings. The van der Waals surface area contributed by atoms with Gasteiger partial charge in [0, 0.05) is 59.2 Å². The lowest BCUT2D eigenvalue weighted by molar-refractivity contribution is 0.277. The molecular weight excluding hydrogens is 479 g/mol. The van der Waals surface area contributed by atoms with Gasteiger partial charge < -0.3 is 15.3 Å². The summed E-state index contributed by atoms with van der Waals surface area (Å²) in [5.41, 5.74) is 5.95. The highest BCUT2D eigenvalue weighted by atomic mass is 35.5. The summed E-state index contributed by atoms with van der Waals surface area (Å²) in [6.07, 6.45) is 7.65. The molecule has 2 fully saturated rings. The van der Waals surface area contributed by atoms with E-state index in [-0.39, 0.29) is 12.0 Å². The summed E-state index contributed by atoms with van der Waals surface area (Å²) >= 11 is 12.7. The van der Waals surface area contributed by atoms with Crippen LogP contribution in [-0.4, -0.2) is 42.4 Å². The molecule has 7 heteroatoms. The molecule has 180 valence electrons. The lowest BCUT2D eigenvalue weighted by Gasteiger charge is -2.36. The number of nitrogens with zero attached hydrogens (tertiary/aromatic N) is 3. The van der Waals surface area contributed by atoms with Crippen LogP contribution in [0.25, 0.3) is 22.3 Å². The number of piperidine rings is 1. The quantitative estimate of drug-likeness (QED) is 0.421. The Labute approximate surface area is 216 Å². The minimum absolute atomic E-state index is 0.150. The van der Waals surface area contributed by atoms with Crippen molar-refractivity contribution in [2.24, 2.45) is 0 Å². The summed E-state index contributed by atoms with van der Waals surface area (Å²) in [4.78, 5) is 7.02. The van der Waals surface area contributed by atoms with Gasteiger partial charge in [0.2, 0.25) is 0 Å². The van der Waals surface area contributed by atoms with Crippen molar-refractivity contribution in [3.05, 3.63) is 70.5 Å². The van der Waals surface area contributed by atoms with Gasteiger partial charge in [-0.3, -0.25) is 4.98 Å². The van der Waals surface area contributed by atoms with Crippen molar-refractivity contribution < 1.29 is 5.11 Å². The highest BCUT2D eigenvalue weighted by Crippen LogP contribution is 2.48. The lowest BCUT2D eigenvalue weighted by Crippen LogP contribution is -2.43. The van der Waals surface area contributed by atoms with Gasteiger partial charge in [0.05, 0.1) is 23.8 Å². The number of hydrogen-bond acceptors (Lipinski definition) is 5. The average molecular weight is 507 g/mol. The molecule has 0 radical (unpaired) electrons. The Morgan fingerprint density at radius 3 is 2.20 bits per heavy atom. The van der Waals surface area contributed by atoms with Gasteiger partial charge in [-0.05, 0) is 60.6 Å². The van der Waals surface area contributed by atoms with Crippen LogP contribution >= 0.6 is 23.2 Å². The fourth-order valence-corrected chi connectivity index (χ4v) is 5.59. The first-order chi connectivity index (χ1) is 17.0. The molecular formula is C28H28Cl2N4O. The smallest absolute Gasteiger partial charge is 0.0823 e. The number of halogens is 2. The van der Waals surface area contributed by atoms with Crippen molar-refractivity contribution in [2.75, 3.05) is 31.1 Å². The first-order valence-electron chi connectivity index (χ1n) is 12.1. The third-order valence-corrected chi connectivity index (χ3v) is 7.60. The zero-order valence-corrected chi connectivity index (χ0v) is 21.0. The Kier molecular flexibility index (Phi) is 7.00. The molecule has 2 heterocycles. The van der Waals surface area contributed by atoms with Gasteiger partial charge in [0.15, 0.2) is 0 Å². The number of nitrogens with one attached hydrogen (secondary N) is 1. The first-order valence-corrected chi connectivity index (χ1v) is 12.8. The fourth-order valence-electron chi connectivity index (χ4n) is 5.06. The molecule has 5 rings (SSSR count). The summed E-state index contributed by atoms with van der Waals surface area (Å²) in [6, 6.07) is 16.9. The Morgan fingerprint density at radius 2 is 1.63 bits per heavy atom. The Bertz CT molecular complexity index is 1220. The predicted octanol–water partition coefficient (Wildman–Crippen LogP) is 5.83. The third-order valence-electron chi connectivity index (χ3n) is 7.16. The fraction of sp³-hybridized carbons (Fsp3) is 0.357. The van der Waals surface area contributed by atoms with E-state index in [9.17, 15) is 5.26 Å². The molecule has 35 heavy (non-hydrogen) atoms. The van der Waals surface area contributed by atoms with Crippen LogP contribution in [0.1, 0.15) is 31.2 Å². The molecule has 2 aliphatic rings. The van der Waals surface area contributed by atoms with Crippen LogP contribution in [0.5, 0.6) is 0 Å². The molecule has 1 aromatic heterocycles. The number of pyridine rings is 1. The molecule has 1 aliphatic carbocycles. The summed E-state index contributed by atoms with van der Waals surface area (Å²) < 4.78 is 0. The highest BCUT2D eigenvalue weighted by molar-refractivity contribution is 6.35. The average Bonchev–Trinajstić information content (AvgIpc) is 3.68. The number of rotatable bonds is 7. The minimum atomic E-state index is -0.303. The summed E-state index contributed by atoms with van der Waals surface area (Å²) in [5, 5.41) is 23.4. The van der Waals surface area contributed by atoms with E-state index in [2.05, 4.69) is 45.5 Å².